The van der Waals surface area contributed by atoms with E-state index >= 15 is 0 Å². The molecule has 0 fully saturated rings. The van der Waals surface area contributed by atoms with Crippen molar-refractivity contribution >= 4 is 7.85 Å². The van der Waals surface area contributed by atoms with Crippen LogP contribution in [0.2, 0.25) is 0 Å². The van der Waals surface area contributed by atoms with E-state index in [1.165, 1.54) is 5.97 Å². The molecule has 14 valence electrons. The van der Waals surface area contributed by atoms with Crippen LogP contribution in [0.3, 0.4) is 0 Å². The maximum Gasteiger partial charge on any atom is 1.00 e. The molecule has 0 aliphatic heterocycles. The fourth-order valence-corrected chi connectivity index (χ4v) is 0. The van der Waals surface area contributed by atoms with E-state index in [4.69, 9.17) is 5.26 Å². The number of hydrogen-bond donors (Lipinski definition) is 0. The molecule has 2 radical (unpaired) electrons. The minimum atomic E-state index is 0. The molecule has 0 aromatic heterocycles. The molecule has 0 aromatic carbocycles. The van der Waals surface area contributed by atoms with Crippen molar-refractivity contribution in [2.24, 2.45) is 0 Å². The number of nitriles is 1. The van der Waals surface area contributed by atoms with Crippen molar-refractivity contribution in [3.63, 3.8) is 0 Å². The summed E-state index contributed by atoms with van der Waals surface area (Å²) in [7, 11) is 4.15. The molecule has 0 rings (SSSR count). The second-order valence-electron chi connectivity index (χ2n) is 0.129. The molecule has 0 amide bonds. The minimum Gasteiger partial charge on any atom is -1.00 e. The Labute approximate surface area is 51.7 Å². The number of nitrogens with zero attached hydrogens (tertiary/aromatic N) is 1. The second kappa shape index (κ2) is 9.60. The summed E-state index contributed by atoms with van der Waals surface area (Å²) in [6, 6.07) is 0. The van der Waals surface area contributed by atoms with Crippen molar-refractivity contribution in [3.05, 3.63) is 0 Å². The monoisotopic (exact) mass is 62.0 g/mol. The van der Waals surface area contributed by atoms with Gasteiger partial charge in [0.1, 0.15) is 0 Å². The summed E-state index contributed by atoms with van der Waals surface area (Å²) in [5.41, 5.74) is 0. The van der Waals surface area contributed by atoms with E-state index in [0.717, 1.165) is 0 Å². The van der Waals surface area contributed by atoms with Gasteiger partial charge in [0.15, 0.2) is 0 Å². The molecule has 0 saturated heterocycles. The van der Waals surface area contributed by atoms with E-state index < -0.39 is 0 Å². The normalized spacial score (nSPS) is 1.75. The van der Waals surface area contributed by atoms with Gasteiger partial charge in [0.2, 0.25) is 7.85 Å². The van der Waals surface area contributed by atoms with Gasteiger partial charge in [-0.3, -0.25) is 0 Å². The molecule has 3 heteroatoms. The fourth-order valence-electron chi connectivity index (χ4n) is 0. The first-order chi connectivity index (χ1) is 1.41. The van der Waals surface area contributed by atoms with Gasteiger partial charge in [-0.1, -0.05) is 0 Å². The summed E-state index contributed by atoms with van der Waals surface area (Å²) in [6.07, 6.45) is 0. The zero-order valence-corrected chi connectivity index (χ0v) is 4.52. The average molecular weight is 61.8 g/mol. The van der Waals surface area contributed by atoms with Crippen LogP contribution in [0.15, 0.2) is 0 Å². The van der Waals surface area contributed by atoms with Crippen molar-refractivity contribution < 1.29 is 32.4 Å². The summed E-state index contributed by atoms with van der Waals surface area (Å²) in [4.78, 5) is 0. The molecule has 0 aliphatic carbocycles. The minimum absolute atomic E-state index is 0. The summed E-state index contributed by atoms with van der Waals surface area (Å²) >= 11 is 0. The van der Waals surface area contributed by atoms with Crippen LogP contribution in [-0.2, 0) is 0 Å². The van der Waals surface area contributed by atoms with E-state index in [2.05, 4.69) is 7.85 Å². The van der Waals surface area contributed by atoms with Gasteiger partial charge in [0.05, 0.1) is 0 Å². The van der Waals surface area contributed by atoms with Crippen molar-refractivity contribution in [1.29, 1.82) is 5.26 Å². The maximum atomic E-state index is 7.10. The zero-order chi connectivity index (χ0) is 2.71. The predicted molar refractivity (Wildman–Crippen MR) is 13.6 cm³/mol. The van der Waals surface area contributed by atoms with Crippen molar-refractivity contribution in [3.8, 4) is 5.97 Å². The molecule has 0 N–H and O–H groups in total. The van der Waals surface area contributed by atoms with E-state index in [1.807, 2.05) is 0 Å². The summed E-state index contributed by atoms with van der Waals surface area (Å²) in [5, 5.41) is 7.10. The van der Waals surface area contributed by atoms with Gasteiger partial charge in [-0.15, -0.1) is 0 Å². The molecular formula is CH2BNNa+. The van der Waals surface area contributed by atoms with Gasteiger partial charge in [-0.2, -0.15) is 0 Å². The third-order valence-electron chi connectivity index (χ3n) is 0. The SMILES string of the molecule is [B]C#N.[H+].[H-].[Na+]. The third-order valence-corrected chi connectivity index (χ3v) is 0. The first kappa shape index (κ1) is 8.82. The van der Waals surface area contributed by atoms with Gasteiger partial charge in [0, 0.05) is 0 Å². The van der Waals surface area contributed by atoms with Crippen LogP contribution in [-0.4, -0.2) is 7.85 Å². The van der Waals surface area contributed by atoms with E-state index in [0.29, 0.717) is 0 Å². The Kier molecular flexibility index (Phi) is 21.2. The molecule has 4 heavy (non-hydrogen) atoms. The molecule has 0 spiro atoms. The molecule has 0 aromatic rings. The van der Waals surface area contributed by atoms with Gasteiger partial charge >= 0.3 is 31.0 Å². The summed E-state index contributed by atoms with van der Waals surface area (Å²) in [5.74, 6) is 1.25. The zero-order valence-electron chi connectivity index (χ0n) is 4.52. The second-order valence-corrected chi connectivity index (χ2v) is 0.129. The van der Waals surface area contributed by atoms with Crippen LogP contribution in [0, 0.1) is 11.2 Å². The molecule has 0 bridgehead atoms. The van der Waals surface area contributed by atoms with Gasteiger partial charge in [-0.25, -0.2) is 5.26 Å². The predicted octanol–water partition coefficient (Wildman–Crippen LogP) is -3.14. The van der Waals surface area contributed by atoms with Crippen LogP contribution in [0.1, 0.15) is 2.85 Å². The molecule has 0 aliphatic rings. The van der Waals surface area contributed by atoms with Gasteiger partial charge in [0.25, 0.3) is 0 Å². The van der Waals surface area contributed by atoms with E-state index in [1.54, 1.807) is 0 Å². The van der Waals surface area contributed by atoms with Crippen LogP contribution in [0.4, 0.5) is 0 Å². The molecule has 0 atom stereocenters. The first-order valence-corrected chi connectivity index (χ1v) is 0.512. The molecular weight excluding hydrogens is 59.8 g/mol. The summed E-state index contributed by atoms with van der Waals surface area (Å²) in [6.45, 7) is 0. The molecule has 0 heterocycles. The smallest absolute Gasteiger partial charge is 1.00 e. The Bertz CT molecular complexity index is 35.0. The average Bonchev–Trinajstić information content (AvgIpc) is 0.918. The standard InChI is InChI=1S/CBN.Na.H/c2-1-3;;/q;+1;-1/p+1. The van der Waals surface area contributed by atoms with E-state index in [9.17, 15) is 0 Å². The Morgan fingerprint density at radius 1 is 2.25 bits per heavy atom. The van der Waals surface area contributed by atoms with Crippen molar-refractivity contribution in [1.82, 2.24) is 0 Å². The van der Waals surface area contributed by atoms with Crippen LogP contribution in [0.5, 0.6) is 0 Å². The molecule has 1 nitrogen and oxygen atoms in total. The van der Waals surface area contributed by atoms with Crippen molar-refractivity contribution in [2.75, 3.05) is 0 Å². The number of rotatable bonds is 0. The van der Waals surface area contributed by atoms with Gasteiger partial charge in [-0.05, 0) is 5.97 Å². The topological polar surface area (TPSA) is 23.8 Å². The Morgan fingerprint density at radius 3 is 2.25 bits per heavy atom. The maximum absolute atomic E-state index is 7.10. The Morgan fingerprint density at radius 2 is 2.25 bits per heavy atom. The van der Waals surface area contributed by atoms with Gasteiger partial charge < -0.3 is 1.43 Å². The molecule has 0 saturated carbocycles. The quantitative estimate of drug-likeness (QED) is 0.272. The summed E-state index contributed by atoms with van der Waals surface area (Å²) < 4.78 is 0. The van der Waals surface area contributed by atoms with Crippen LogP contribution >= 0.6 is 0 Å². The fraction of sp³-hybridized carbons (Fsp3) is 0. The van der Waals surface area contributed by atoms with Crippen LogP contribution < -0.4 is 29.6 Å². The Balaban J connectivity index is -0.00000000667. The number of hydrogen-bond acceptors (Lipinski definition) is 1. The van der Waals surface area contributed by atoms with Crippen LogP contribution in [0.25, 0.3) is 0 Å². The molecule has 0 unspecified atom stereocenters. The van der Waals surface area contributed by atoms with E-state index in [-0.39, 0.29) is 32.4 Å². The Hall–Kier alpha value is 0.555. The largest absolute Gasteiger partial charge is 1.00 e. The van der Waals surface area contributed by atoms with Crippen molar-refractivity contribution in [2.45, 2.75) is 0 Å². The first-order valence-electron chi connectivity index (χ1n) is 0.512. The third kappa shape index (κ3) is 20.1.